The Bertz CT molecular complexity index is 688. The van der Waals surface area contributed by atoms with Crippen molar-refractivity contribution in [3.05, 3.63) is 54.2 Å². The molecule has 0 aliphatic heterocycles. The molecule has 0 N–H and O–H groups in total. The van der Waals surface area contributed by atoms with Crippen LogP contribution in [0.1, 0.15) is 31.0 Å². The van der Waals surface area contributed by atoms with Crippen LogP contribution in [-0.4, -0.2) is 19.5 Å². The first kappa shape index (κ1) is 12.8. The Morgan fingerprint density at radius 1 is 1.05 bits per heavy atom. The van der Waals surface area contributed by atoms with Gasteiger partial charge in [0.15, 0.2) is 5.65 Å². The second-order valence-electron chi connectivity index (χ2n) is 4.95. The fourth-order valence-corrected chi connectivity index (χ4v) is 2.34. The molecule has 3 rings (SSSR count). The number of imidazole rings is 1. The molecule has 2 aromatic heterocycles. The quantitative estimate of drug-likeness (QED) is 0.712. The lowest BCUT2D eigenvalue weighted by molar-refractivity contribution is 0.641. The van der Waals surface area contributed by atoms with Gasteiger partial charge in [0.25, 0.3) is 0 Å². The van der Waals surface area contributed by atoms with Gasteiger partial charge < -0.3 is 4.57 Å². The van der Waals surface area contributed by atoms with Gasteiger partial charge in [-0.2, -0.15) is 0 Å². The van der Waals surface area contributed by atoms with Crippen molar-refractivity contribution in [2.24, 2.45) is 0 Å². The van der Waals surface area contributed by atoms with Crippen LogP contribution in [0.25, 0.3) is 11.2 Å². The number of aryl methyl sites for hydroxylation is 1. The number of unbranched alkanes of at least 4 members (excludes halogenated alkanes) is 1. The third-order valence-electron chi connectivity index (χ3n) is 3.44. The first-order valence-electron chi connectivity index (χ1n) is 7.07. The second kappa shape index (κ2) is 5.82. The summed E-state index contributed by atoms with van der Waals surface area (Å²) < 4.78 is 2.12. The molecule has 4 heteroatoms. The molecule has 3 aromatic rings. The van der Waals surface area contributed by atoms with Crippen molar-refractivity contribution in [3.8, 4) is 0 Å². The van der Waals surface area contributed by atoms with Crippen LogP contribution in [0, 0.1) is 0 Å². The Morgan fingerprint density at radius 2 is 1.90 bits per heavy atom. The molecule has 2 heterocycles. The molecule has 0 saturated heterocycles. The van der Waals surface area contributed by atoms with E-state index in [1.807, 2.05) is 24.5 Å². The van der Waals surface area contributed by atoms with E-state index < -0.39 is 0 Å². The summed E-state index contributed by atoms with van der Waals surface area (Å²) in [6.45, 7) is 3.16. The zero-order valence-corrected chi connectivity index (χ0v) is 11.7. The van der Waals surface area contributed by atoms with Crippen LogP contribution in [-0.2, 0) is 13.0 Å². The van der Waals surface area contributed by atoms with Crippen LogP contribution in [0.4, 0.5) is 0 Å². The molecule has 0 aliphatic rings. The van der Waals surface area contributed by atoms with Crippen molar-refractivity contribution in [1.29, 1.82) is 0 Å². The molecule has 0 fully saturated rings. The van der Waals surface area contributed by atoms with Crippen LogP contribution in [0.2, 0.25) is 0 Å². The Hall–Kier alpha value is -2.23. The van der Waals surface area contributed by atoms with Crippen molar-refractivity contribution in [3.63, 3.8) is 0 Å². The maximum Gasteiger partial charge on any atom is 0.163 e. The highest BCUT2D eigenvalue weighted by Crippen LogP contribution is 2.16. The average molecular weight is 266 g/mol. The lowest BCUT2D eigenvalue weighted by Gasteiger charge is -2.04. The number of aromatic nitrogens is 4. The van der Waals surface area contributed by atoms with Crippen molar-refractivity contribution >= 4 is 11.2 Å². The SMILES string of the molecule is CCCCn1cnc2c(Cc3ccccc3)ncnc21. The number of hydrogen-bond donors (Lipinski definition) is 0. The molecule has 0 atom stereocenters. The molecule has 0 bridgehead atoms. The van der Waals surface area contributed by atoms with Gasteiger partial charge >= 0.3 is 0 Å². The summed E-state index contributed by atoms with van der Waals surface area (Å²) in [5.41, 5.74) is 4.11. The Kier molecular flexibility index (Phi) is 3.72. The minimum atomic E-state index is 0.796. The lowest BCUT2D eigenvalue weighted by Crippen LogP contribution is -1.99. The maximum atomic E-state index is 4.51. The standard InChI is InChI=1S/C16H18N4/c1-2-3-9-20-12-19-15-14(17-11-18-16(15)20)10-13-7-5-4-6-8-13/h4-8,11-12H,2-3,9-10H2,1H3. The van der Waals surface area contributed by atoms with Gasteiger partial charge in [0.2, 0.25) is 0 Å². The number of benzene rings is 1. The van der Waals surface area contributed by atoms with E-state index >= 15 is 0 Å². The molecule has 0 unspecified atom stereocenters. The van der Waals surface area contributed by atoms with Gasteiger partial charge in [0.1, 0.15) is 11.8 Å². The van der Waals surface area contributed by atoms with E-state index in [1.54, 1.807) is 6.33 Å². The van der Waals surface area contributed by atoms with Gasteiger partial charge in [-0.05, 0) is 12.0 Å². The Morgan fingerprint density at radius 3 is 2.70 bits per heavy atom. The van der Waals surface area contributed by atoms with E-state index in [4.69, 9.17) is 0 Å². The summed E-state index contributed by atoms with van der Waals surface area (Å²) in [5, 5.41) is 0. The minimum Gasteiger partial charge on any atom is -0.315 e. The van der Waals surface area contributed by atoms with Crippen LogP contribution in [0.5, 0.6) is 0 Å². The molecule has 0 aliphatic carbocycles. The maximum absolute atomic E-state index is 4.51. The highest BCUT2D eigenvalue weighted by molar-refractivity contribution is 5.73. The van der Waals surface area contributed by atoms with Crippen LogP contribution < -0.4 is 0 Å². The smallest absolute Gasteiger partial charge is 0.163 e. The van der Waals surface area contributed by atoms with E-state index in [0.717, 1.165) is 36.2 Å². The number of rotatable bonds is 5. The summed E-state index contributed by atoms with van der Waals surface area (Å²) in [6, 6.07) is 10.4. The number of nitrogens with zero attached hydrogens (tertiary/aromatic N) is 4. The summed E-state index contributed by atoms with van der Waals surface area (Å²) in [5.74, 6) is 0. The highest BCUT2D eigenvalue weighted by Gasteiger charge is 2.10. The largest absolute Gasteiger partial charge is 0.315 e. The lowest BCUT2D eigenvalue weighted by atomic mass is 10.1. The molecule has 20 heavy (non-hydrogen) atoms. The van der Waals surface area contributed by atoms with E-state index in [0.29, 0.717) is 0 Å². The summed E-state index contributed by atoms with van der Waals surface area (Å²) >= 11 is 0. The third-order valence-corrected chi connectivity index (χ3v) is 3.44. The van der Waals surface area contributed by atoms with Gasteiger partial charge in [-0.3, -0.25) is 0 Å². The number of fused-ring (bicyclic) bond motifs is 1. The van der Waals surface area contributed by atoms with Gasteiger partial charge in [-0.25, -0.2) is 15.0 Å². The van der Waals surface area contributed by atoms with Gasteiger partial charge in [-0.15, -0.1) is 0 Å². The molecule has 4 nitrogen and oxygen atoms in total. The van der Waals surface area contributed by atoms with Crippen molar-refractivity contribution < 1.29 is 0 Å². The van der Waals surface area contributed by atoms with Crippen LogP contribution in [0.15, 0.2) is 43.0 Å². The molecule has 0 amide bonds. The minimum absolute atomic E-state index is 0.796. The van der Waals surface area contributed by atoms with Crippen molar-refractivity contribution in [1.82, 2.24) is 19.5 Å². The van der Waals surface area contributed by atoms with Crippen LogP contribution in [0.3, 0.4) is 0 Å². The van der Waals surface area contributed by atoms with E-state index in [-0.39, 0.29) is 0 Å². The first-order valence-corrected chi connectivity index (χ1v) is 7.07. The topological polar surface area (TPSA) is 43.6 Å². The highest BCUT2D eigenvalue weighted by atomic mass is 15.1. The average Bonchev–Trinajstić information content (AvgIpc) is 2.90. The molecule has 102 valence electrons. The first-order chi connectivity index (χ1) is 9.88. The van der Waals surface area contributed by atoms with Crippen molar-refractivity contribution in [2.75, 3.05) is 0 Å². The summed E-state index contributed by atoms with van der Waals surface area (Å²) in [7, 11) is 0. The third kappa shape index (κ3) is 2.54. The van der Waals surface area contributed by atoms with Gasteiger partial charge in [-0.1, -0.05) is 43.7 Å². The molecule has 0 saturated carbocycles. The predicted molar refractivity (Wildman–Crippen MR) is 79.5 cm³/mol. The molecule has 1 aromatic carbocycles. The number of hydrogen-bond acceptors (Lipinski definition) is 3. The summed E-state index contributed by atoms with van der Waals surface area (Å²) in [4.78, 5) is 13.3. The second-order valence-corrected chi connectivity index (χ2v) is 4.95. The van der Waals surface area contributed by atoms with Gasteiger partial charge in [0.05, 0.1) is 12.0 Å². The summed E-state index contributed by atoms with van der Waals surface area (Å²) in [6.07, 6.45) is 6.63. The molecular formula is C16H18N4. The fourth-order valence-electron chi connectivity index (χ4n) is 2.34. The fraction of sp³-hybridized carbons (Fsp3) is 0.312. The van der Waals surface area contributed by atoms with E-state index in [1.165, 1.54) is 12.0 Å². The molecule has 0 spiro atoms. The van der Waals surface area contributed by atoms with E-state index in [2.05, 4.69) is 38.6 Å². The monoisotopic (exact) mass is 266 g/mol. The van der Waals surface area contributed by atoms with E-state index in [9.17, 15) is 0 Å². The normalized spacial score (nSPS) is 11.1. The molecule has 0 radical (unpaired) electrons. The van der Waals surface area contributed by atoms with Gasteiger partial charge in [0, 0.05) is 13.0 Å². The zero-order chi connectivity index (χ0) is 13.8. The van der Waals surface area contributed by atoms with Crippen LogP contribution >= 0.6 is 0 Å². The predicted octanol–water partition coefficient (Wildman–Crippen LogP) is 3.22. The van der Waals surface area contributed by atoms with Crippen molar-refractivity contribution in [2.45, 2.75) is 32.7 Å². The molecular weight excluding hydrogens is 248 g/mol. The Balaban J connectivity index is 1.94. The Labute approximate surface area is 118 Å². The zero-order valence-electron chi connectivity index (χ0n) is 11.7.